The van der Waals surface area contributed by atoms with E-state index in [4.69, 9.17) is 9.47 Å². The molecule has 0 saturated carbocycles. The topological polar surface area (TPSA) is 91.9 Å². The summed E-state index contributed by atoms with van der Waals surface area (Å²) < 4.78 is 11.2. The van der Waals surface area contributed by atoms with Gasteiger partial charge in [-0.05, 0) is 31.0 Å². The van der Waals surface area contributed by atoms with Crippen molar-refractivity contribution in [3.05, 3.63) is 66.4 Å². The highest BCUT2D eigenvalue weighted by atomic mass is 16.6. The zero-order valence-corrected chi connectivity index (χ0v) is 18.1. The molecule has 2 amide bonds. The van der Waals surface area contributed by atoms with Crippen LogP contribution in [-0.2, 0) is 9.53 Å². The van der Waals surface area contributed by atoms with Gasteiger partial charge in [-0.2, -0.15) is 0 Å². The molecule has 3 heterocycles. The molecule has 3 aromatic rings. The van der Waals surface area contributed by atoms with Crippen molar-refractivity contribution in [2.45, 2.75) is 25.0 Å². The minimum absolute atomic E-state index is 0.0218. The number of hydrogen-bond donors (Lipinski definition) is 1. The van der Waals surface area contributed by atoms with Crippen LogP contribution < -0.4 is 4.74 Å². The molecule has 5 rings (SSSR count). The van der Waals surface area contributed by atoms with Gasteiger partial charge in [0.2, 0.25) is 0 Å². The molecule has 0 aliphatic carbocycles. The average molecular weight is 447 g/mol. The summed E-state index contributed by atoms with van der Waals surface area (Å²) in [5, 5.41) is 0.745. The van der Waals surface area contributed by atoms with Crippen molar-refractivity contribution in [3.8, 4) is 5.75 Å². The highest BCUT2D eigenvalue weighted by molar-refractivity contribution is 6.44. The Labute approximate surface area is 191 Å². The van der Waals surface area contributed by atoms with E-state index in [1.165, 1.54) is 0 Å². The number of nitrogens with one attached hydrogen (secondary N) is 1. The molecule has 1 N–H and O–H groups in total. The third kappa shape index (κ3) is 4.28. The molecule has 0 radical (unpaired) electrons. The standard InChI is InChI=1S/C25H25N3O5/c29-23(21-14-26-22-9-5-4-8-20(21)22)24(30)27-12-10-17(11-13-27)28-15-19(33-25(28)31)16-32-18-6-2-1-3-7-18/h1-9,14,17,19,26H,10-13,15-16H2. The number of carbonyl (C=O) groups is 3. The van der Waals surface area contributed by atoms with E-state index < -0.39 is 11.7 Å². The monoisotopic (exact) mass is 447 g/mol. The van der Waals surface area contributed by atoms with Crippen LogP contribution in [0.2, 0.25) is 0 Å². The number of aromatic amines is 1. The third-order valence-electron chi connectivity index (χ3n) is 6.30. The average Bonchev–Trinajstić information content (AvgIpc) is 3.46. The van der Waals surface area contributed by atoms with Crippen molar-refractivity contribution >= 4 is 28.7 Å². The quantitative estimate of drug-likeness (QED) is 0.463. The Morgan fingerprint density at radius 3 is 2.55 bits per heavy atom. The van der Waals surface area contributed by atoms with Gasteiger partial charge in [0.1, 0.15) is 12.4 Å². The van der Waals surface area contributed by atoms with E-state index in [0.717, 1.165) is 16.7 Å². The van der Waals surface area contributed by atoms with Gasteiger partial charge in [-0.3, -0.25) is 9.59 Å². The zero-order chi connectivity index (χ0) is 22.8. The number of para-hydroxylation sites is 2. The van der Waals surface area contributed by atoms with Crippen LogP contribution in [0.3, 0.4) is 0 Å². The van der Waals surface area contributed by atoms with Crippen LogP contribution in [0.1, 0.15) is 23.2 Å². The molecule has 33 heavy (non-hydrogen) atoms. The number of amides is 2. The summed E-state index contributed by atoms with van der Waals surface area (Å²) in [7, 11) is 0. The van der Waals surface area contributed by atoms with Crippen molar-refractivity contribution in [1.82, 2.24) is 14.8 Å². The number of rotatable bonds is 6. The van der Waals surface area contributed by atoms with Crippen LogP contribution in [0, 0.1) is 0 Å². The maximum absolute atomic E-state index is 12.8. The molecule has 2 fully saturated rings. The summed E-state index contributed by atoms with van der Waals surface area (Å²) in [4.78, 5) is 44.4. The smallest absolute Gasteiger partial charge is 0.410 e. The molecule has 8 heteroatoms. The summed E-state index contributed by atoms with van der Waals surface area (Å²) in [6.45, 7) is 1.60. The maximum Gasteiger partial charge on any atom is 0.410 e. The number of nitrogens with zero attached hydrogens (tertiary/aromatic N) is 2. The van der Waals surface area contributed by atoms with Gasteiger partial charge in [0.05, 0.1) is 12.1 Å². The molecule has 2 aliphatic heterocycles. The van der Waals surface area contributed by atoms with Crippen molar-refractivity contribution in [2.75, 3.05) is 26.2 Å². The first-order valence-corrected chi connectivity index (χ1v) is 11.1. The van der Waals surface area contributed by atoms with Crippen LogP contribution in [0.4, 0.5) is 4.79 Å². The Kier molecular flexibility index (Phi) is 5.73. The van der Waals surface area contributed by atoms with Gasteiger partial charge in [0.25, 0.3) is 11.7 Å². The van der Waals surface area contributed by atoms with Gasteiger partial charge >= 0.3 is 6.09 Å². The number of ketones is 1. The van der Waals surface area contributed by atoms with E-state index in [1.807, 2.05) is 54.6 Å². The summed E-state index contributed by atoms with van der Waals surface area (Å²) in [6.07, 6.45) is 2.12. The van der Waals surface area contributed by atoms with Crippen LogP contribution in [0.15, 0.2) is 60.8 Å². The number of likely N-dealkylation sites (tertiary alicyclic amines) is 1. The number of benzene rings is 2. The Balaban J connectivity index is 1.15. The fourth-order valence-corrected chi connectivity index (χ4v) is 4.53. The van der Waals surface area contributed by atoms with Crippen LogP contribution in [-0.4, -0.2) is 71.0 Å². The SMILES string of the molecule is O=C(C(=O)N1CCC(N2CC(COc3ccccc3)OC2=O)CC1)c1c[nH]c2ccccc12. The van der Waals surface area contributed by atoms with Gasteiger partial charge in [0, 0.05) is 36.2 Å². The number of ether oxygens (including phenoxy) is 2. The fraction of sp³-hybridized carbons (Fsp3) is 0.320. The Hall–Kier alpha value is -3.81. The molecular formula is C25H25N3O5. The summed E-state index contributed by atoms with van der Waals surface area (Å²) >= 11 is 0. The molecule has 8 nitrogen and oxygen atoms in total. The van der Waals surface area contributed by atoms with Gasteiger partial charge in [-0.15, -0.1) is 0 Å². The number of cyclic esters (lactones) is 1. The summed E-state index contributed by atoms with van der Waals surface area (Å²) in [5.41, 5.74) is 1.22. The van der Waals surface area contributed by atoms with Crippen molar-refractivity contribution in [1.29, 1.82) is 0 Å². The number of piperidine rings is 1. The van der Waals surface area contributed by atoms with Crippen LogP contribution >= 0.6 is 0 Å². The third-order valence-corrected chi connectivity index (χ3v) is 6.30. The van der Waals surface area contributed by atoms with Gasteiger partial charge < -0.3 is 24.3 Å². The Morgan fingerprint density at radius 2 is 1.76 bits per heavy atom. The normalized spacial score (nSPS) is 19.0. The predicted molar refractivity (Wildman–Crippen MR) is 121 cm³/mol. The second-order valence-corrected chi connectivity index (χ2v) is 8.38. The second kappa shape index (κ2) is 8.97. The van der Waals surface area contributed by atoms with Crippen LogP contribution in [0.5, 0.6) is 5.75 Å². The summed E-state index contributed by atoms with van der Waals surface area (Å²) in [6, 6.07) is 16.8. The molecule has 1 aromatic heterocycles. The van der Waals surface area contributed by atoms with Crippen molar-refractivity contribution in [3.63, 3.8) is 0 Å². The molecule has 1 atom stereocenters. The lowest BCUT2D eigenvalue weighted by Gasteiger charge is -2.35. The minimum Gasteiger partial charge on any atom is -0.490 e. The molecule has 0 spiro atoms. The first-order valence-electron chi connectivity index (χ1n) is 11.1. The molecular weight excluding hydrogens is 422 g/mol. The van der Waals surface area contributed by atoms with Gasteiger partial charge in [-0.1, -0.05) is 36.4 Å². The zero-order valence-electron chi connectivity index (χ0n) is 18.1. The van der Waals surface area contributed by atoms with Crippen LogP contribution in [0.25, 0.3) is 10.9 Å². The largest absolute Gasteiger partial charge is 0.490 e. The van der Waals surface area contributed by atoms with Gasteiger partial charge in [-0.25, -0.2) is 4.79 Å². The summed E-state index contributed by atoms with van der Waals surface area (Å²) in [5.74, 6) is -0.278. The second-order valence-electron chi connectivity index (χ2n) is 8.38. The van der Waals surface area contributed by atoms with Gasteiger partial charge in [0.15, 0.2) is 6.10 Å². The Morgan fingerprint density at radius 1 is 1.03 bits per heavy atom. The number of carbonyl (C=O) groups excluding carboxylic acids is 3. The minimum atomic E-state index is -0.510. The lowest BCUT2D eigenvalue weighted by molar-refractivity contribution is -0.127. The van der Waals surface area contributed by atoms with E-state index >= 15 is 0 Å². The molecule has 0 bridgehead atoms. The Bertz CT molecular complexity index is 1170. The van der Waals surface area contributed by atoms with E-state index in [9.17, 15) is 14.4 Å². The molecule has 2 saturated heterocycles. The number of Topliss-reactive ketones (excluding diaryl/α,β-unsaturated/α-hetero) is 1. The van der Waals surface area contributed by atoms with E-state index in [-0.39, 0.29) is 18.2 Å². The number of hydrogen-bond acceptors (Lipinski definition) is 5. The highest BCUT2D eigenvalue weighted by Gasteiger charge is 2.39. The lowest BCUT2D eigenvalue weighted by atomic mass is 10.0. The first kappa shape index (κ1) is 21.1. The number of H-pyrrole nitrogens is 1. The molecule has 1 unspecified atom stereocenters. The fourth-order valence-electron chi connectivity index (χ4n) is 4.53. The number of aromatic nitrogens is 1. The maximum atomic E-state index is 12.8. The predicted octanol–water partition coefficient (Wildman–Crippen LogP) is 3.24. The lowest BCUT2D eigenvalue weighted by Crippen LogP contribution is -2.48. The van der Waals surface area contributed by atoms with E-state index in [0.29, 0.717) is 44.6 Å². The highest BCUT2D eigenvalue weighted by Crippen LogP contribution is 2.25. The van der Waals surface area contributed by atoms with E-state index in [2.05, 4.69) is 4.98 Å². The molecule has 2 aliphatic rings. The molecule has 2 aromatic carbocycles. The molecule has 170 valence electrons. The first-order chi connectivity index (χ1) is 16.1. The van der Waals surface area contributed by atoms with Crippen molar-refractivity contribution < 1.29 is 23.9 Å². The van der Waals surface area contributed by atoms with E-state index in [1.54, 1.807) is 16.0 Å². The number of fused-ring (bicyclic) bond motifs is 1. The van der Waals surface area contributed by atoms with Crippen molar-refractivity contribution in [2.24, 2.45) is 0 Å².